The molecular weight excluding hydrogens is 253 g/mol. The molecule has 0 radical (unpaired) electrons. The van der Waals surface area contributed by atoms with E-state index in [4.69, 9.17) is 5.73 Å². The molecule has 0 aliphatic carbocycles. The number of alkyl halides is 3. The Kier molecular flexibility index (Phi) is 3.87. The summed E-state index contributed by atoms with van der Waals surface area (Å²) < 4.78 is 39.6. The van der Waals surface area contributed by atoms with Gasteiger partial charge in [-0.05, 0) is 24.9 Å². The molecule has 0 saturated carbocycles. The Morgan fingerprint density at radius 1 is 1.32 bits per heavy atom. The second-order valence-corrected chi connectivity index (χ2v) is 5.50. The first-order valence-corrected chi connectivity index (χ1v) is 6.40. The number of rotatable bonds is 3. The second-order valence-electron chi connectivity index (χ2n) is 5.50. The van der Waals surface area contributed by atoms with Crippen molar-refractivity contribution in [2.45, 2.75) is 19.6 Å². The Balaban J connectivity index is 2.11. The SMILES string of the molecule is C[C@]1(C(F)(F)F)CN(Cc2ccccc2)C[C@@H]1CN. The third-order valence-corrected chi connectivity index (χ3v) is 4.11. The van der Waals surface area contributed by atoms with Crippen LogP contribution in [0.15, 0.2) is 30.3 Å². The van der Waals surface area contributed by atoms with E-state index in [-0.39, 0.29) is 13.1 Å². The fraction of sp³-hybridized carbons (Fsp3) is 0.571. The maximum atomic E-state index is 13.2. The lowest BCUT2D eigenvalue weighted by Crippen LogP contribution is -2.44. The van der Waals surface area contributed by atoms with Crippen LogP contribution >= 0.6 is 0 Å². The summed E-state index contributed by atoms with van der Waals surface area (Å²) in [7, 11) is 0. The van der Waals surface area contributed by atoms with Crippen LogP contribution < -0.4 is 5.73 Å². The van der Waals surface area contributed by atoms with Crippen molar-refractivity contribution in [3.05, 3.63) is 35.9 Å². The minimum absolute atomic E-state index is 0.0211. The molecule has 0 unspecified atom stereocenters. The van der Waals surface area contributed by atoms with Crippen molar-refractivity contribution in [3.63, 3.8) is 0 Å². The van der Waals surface area contributed by atoms with Crippen LogP contribution in [0.2, 0.25) is 0 Å². The number of nitrogens with two attached hydrogens (primary N) is 1. The van der Waals surface area contributed by atoms with Crippen LogP contribution in [0.5, 0.6) is 0 Å². The molecule has 0 aromatic heterocycles. The third kappa shape index (κ3) is 2.77. The molecule has 106 valence electrons. The van der Waals surface area contributed by atoms with Crippen molar-refractivity contribution >= 4 is 0 Å². The van der Waals surface area contributed by atoms with Crippen molar-refractivity contribution in [2.24, 2.45) is 17.1 Å². The molecule has 2 nitrogen and oxygen atoms in total. The van der Waals surface area contributed by atoms with E-state index >= 15 is 0 Å². The molecule has 2 N–H and O–H groups in total. The quantitative estimate of drug-likeness (QED) is 0.916. The minimum atomic E-state index is -4.21. The van der Waals surface area contributed by atoms with Crippen LogP contribution in [0, 0.1) is 11.3 Å². The van der Waals surface area contributed by atoms with Crippen molar-refractivity contribution in [1.29, 1.82) is 0 Å². The van der Waals surface area contributed by atoms with Gasteiger partial charge in [-0.2, -0.15) is 13.2 Å². The smallest absolute Gasteiger partial charge is 0.330 e. The number of hydrogen-bond acceptors (Lipinski definition) is 2. The van der Waals surface area contributed by atoms with E-state index in [2.05, 4.69) is 0 Å². The Morgan fingerprint density at radius 2 is 1.95 bits per heavy atom. The molecule has 1 aliphatic rings. The van der Waals surface area contributed by atoms with Gasteiger partial charge < -0.3 is 5.73 Å². The van der Waals surface area contributed by atoms with E-state index in [1.165, 1.54) is 6.92 Å². The average Bonchev–Trinajstić information content (AvgIpc) is 2.67. The molecule has 1 saturated heterocycles. The van der Waals surface area contributed by atoms with Crippen molar-refractivity contribution in [2.75, 3.05) is 19.6 Å². The van der Waals surface area contributed by atoms with Gasteiger partial charge in [-0.1, -0.05) is 30.3 Å². The largest absolute Gasteiger partial charge is 0.395 e. The number of hydrogen-bond donors (Lipinski definition) is 1. The van der Waals surface area contributed by atoms with Gasteiger partial charge in [0, 0.05) is 19.6 Å². The van der Waals surface area contributed by atoms with Crippen LogP contribution in [-0.4, -0.2) is 30.7 Å². The fourth-order valence-electron chi connectivity index (χ4n) is 2.79. The molecule has 1 aliphatic heterocycles. The van der Waals surface area contributed by atoms with Gasteiger partial charge >= 0.3 is 6.18 Å². The van der Waals surface area contributed by atoms with Crippen molar-refractivity contribution in [1.82, 2.24) is 4.90 Å². The van der Waals surface area contributed by atoms with Crippen LogP contribution in [0.1, 0.15) is 12.5 Å². The van der Waals surface area contributed by atoms with Crippen LogP contribution in [-0.2, 0) is 6.54 Å². The summed E-state index contributed by atoms with van der Waals surface area (Å²) >= 11 is 0. The molecule has 1 aromatic rings. The lowest BCUT2D eigenvalue weighted by molar-refractivity contribution is -0.224. The predicted octanol–water partition coefficient (Wildman–Crippen LogP) is 2.65. The van der Waals surface area contributed by atoms with Gasteiger partial charge in [-0.3, -0.25) is 4.90 Å². The van der Waals surface area contributed by atoms with Gasteiger partial charge in [-0.25, -0.2) is 0 Å². The zero-order valence-electron chi connectivity index (χ0n) is 11.0. The molecule has 0 bridgehead atoms. The van der Waals surface area contributed by atoms with E-state index < -0.39 is 17.5 Å². The lowest BCUT2D eigenvalue weighted by Gasteiger charge is -2.32. The van der Waals surface area contributed by atoms with Crippen molar-refractivity contribution < 1.29 is 13.2 Å². The van der Waals surface area contributed by atoms with E-state index in [1.807, 2.05) is 35.2 Å². The fourth-order valence-corrected chi connectivity index (χ4v) is 2.79. The average molecular weight is 272 g/mol. The molecule has 1 fully saturated rings. The number of halogens is 3. The molecule has 0 spiro atoms. The summed E-state index contributed by atoms with van der Waals surface area (Å²) in [4.78, 5) is 1.85. The monoisotopic (exact) mass is 272 g/mol. The summed E-state index contributed by atoms with van der Waals surface area (Å²) in [5.41, 5.74) is 4.87. The first-order chi connectivity index (χ1) is 8.87. The van der Waals surface area contributed by atoms with E-state index in [1.54, 1.807) is 0 Å². The molecular formula is C14H19F3N2. The maximum absolute atomic E-state index is 13.2. The van der Waals surface area contributed by atoms with Crippen LogP contribution in [0.25, 0.3) is 0 Å². The first-order valence-electron chi connectivity index (χ1n) is 6.40. The summed E-state index contributed by atoms with van der Waals surface area (Å²) in [5, 5.41) is 0. The maximum Gasteiger partial charge on any atom is 0.395 e. The minimum Gasteiger partial charge on any atom is -0.330 e. The Labute approximate surface area is 111 Å². The van der Waals surface area contributed by atoms with Gasteiger partial charge in [-0.15, -0.1) is 0 Å². The summed E-state index contributed by atoms with van der Waals surface area (Å²) in [6.07, 6.45) is -4.21. The summed E-state index contributed by atoms with van der Waals surface area (Å²) in [6.45, 7) is 2.33. The van der Waals surface area contributed by atoms with Gasteiger partial charge in [0.15, 0.2) is 0 Å². The predicted molar refractivity (Wildman–Crippen MR) is 68.4 cm³/mol. The highest BCUT2D eigenvalue weighted by atomic mass is 19.4. The molecule has 1 aromatic carbocycles. The lowest BCUT2D eigenvalue weighted by atomic mass is 9.79. The number of nitrogens with zero attached hydrogens (tertiary/aromatic N) is 1. The molecule has 0 amide bonds. The zero-order chi connectivity index (χ0) is 14.1. The zero-order valence-corrected chi connectivity index (χ0v) is 11.0. The normalized spacial score (nSPS) is 28.8. The summed E-state index contributed by atoms with van der Waals surface area (Å²) in [6, 6.07) is 9.56. The standard InChI is InChI=1S/C14H19F3N2/c1-13(14(15,16)17)10-19(9-12(13)7-18)8-11-5-3-2-4-6-11/h2-6,12H,7-10,18H2,1H3/t12-,13-/m0/s1. The van der Waals surface area contributed by atoms with E-state index in [0.29, 0.717) is 13.1 Å². The van der Waals surface area contributed by atoms with E-state index in [9.17, 15) is 13.2 Å². The Bertz CT molecular complexity index is 418. The van der Waals surface area contributed by atoms with Crippen molar-refractivity contribution in [3.8, 4) is 0 Å². The molecule has 19 heavy (non-hydrogen) atoms. The first kappa shape index (κ1) is 14.3. The van der Waals surface area contributed by atoms with Gasteiger partial charge in [0.2, 0.25) is 0 Å². The molecule has 2 rings (SSSR count). The highest BCUT2D eigenvalue weighted by Gasteiger charge is 2.59. The highest BCUT2D eigenvalue weighted by Crippen LogP contribution is 2.48. The van der Waals surface area contributed by atoms with Crippen LogP contribution in [0.3, 0.4) is 0 Å². The number of benzene rings is 1. The van der Waals surface area contributed by atoms with Gasteiger partial charge in [0.25, 0.3) is 0 Å². The number of likely N-dealkylation sites (tertiary alicyclic amines) is 1. The molecule has 5 heteroatoms. The second kappa shape index (κ2) is 5.13. The highest BCUT2D eigenvalue weighted by molar-refractivity contribution is 5.15. The third-order valence-electron chi connectivity index (χ3n) is 4.11. The molecule has 1 heterocycles. The Morgan fingerprint density at radius 3 is 2.42 bits per heavy atom. The van der Waals surface area contributed by atoms with E-state index in [0.717, 1.165) is 5.56 Å². The van der Waals surface area contributed by atoms with Gasteiger partial charge in [0.1, 0.15) is 0 Å². The molecule has 2 atom stereocenters. The Hall–Kier alpha value is -1.07. The summed E-state index contributed by atoms with van der Waals surface area (Å²) in [5.74, 6) is -0.531. The van der Waals surface area contributed by atoms with Gasteiger partial charge in [0.05, 0.1) is 5.41 Å². The van der Waals surface area contributed by atoms with Crippen LogP contribution in [0.4, 0.5) is 13.2 Å². The topological polar surface area (TPSA) is 29.3 Å².